The number of hydrogen-bond donors (Lipinski definition) is 1. The van der Waals surface area contributed by atoms with Crippen LogP contribution in [0.4, 0.5) is 0 Å². The molecule has 86 valence electrons. The van der Waals surface area contributed by atoms with Gasteiger partial charge in [-0.1, -0.05) is 0 Å². The van der Waals surface area contributed by atoms with Gasteiger partial charge in [-0.25, -0.2) is 0 Å². The summed E-state index contributed by atoms with van der Waals surface area (Å²) < 4.78 is 5.26. The topological polar surface area (TPSA) is 21.3 Å². The van der Waals surface area contributed by atoms with Gasteiger partial charge in [-0.15, -0.1) is 11.3 Å². The van der Waals surface area contributed by atoms with E-state index in [1.54, 1.807) is 7.11 Å². The Balaban J connectivity index is 2.49. The minimum Gasteiger partial charge on any atom is -0.382 e. The van der Waals surface area contributed by atoms with Gasteiger partial charge in [0.2, 0.25) is 0 Å². The molecule has 1 N–H and O–H groups in total. The van der Waals surface area contributed by atoms with E-state index in [-0.39, 0.29) is 0 Å². The lowest BCUT2D eigenvalue weighted by atomic mass is 10.0. The molecule has 0 radical (unpaired) electrons. The number of aryl methyl sites for hydroxylation is 1. The van der Waals surface area contributed by atoms with E-state index in [9.17, 15) is 0 Å². The second kappa shape index (κ2) is 6.26. The first-order valence-corrected chi connectivity index (χ1v) is 6.30. The van der Waals surface area contributed by atoms with Crippen molar-refractivity contribution in [3.05, 3.63) is 21.9 Å². The molecule has 1 heterocycles. The highest BCUT2D eigenvalue weighted by Crippen LogP contribution is 2.24. The third kappa shape index (κ3) is 3.93. The fraction of sp³-hybridized carbons (Fsp3) is 0.667. The van der Waals surface area contributed by atoms with Crippen LogP contribution in [-0.4, -0.2) is 20.3 Å². The van der Waals surface area contributed by atoms with Crippen LogP contribution in [0, 0.1) is 6.92 Å². The summed E-state index contributed by atoms with van der Waals surface area (Å²) in [6, 6.07) is 2.73. The van der Waals surface area contributed by atoms with Crippen molar-refractivity contribution in [1.82, 2.24) is 5.32 Å². The monoisotopic (exact) mass is 227 g/mol. The summed E-state index contributed by atoms with van der Waals surface area (Å²) in [5.74, 6) is 0. The fourth-order valence-electron chi connectivity index (χ4n) is 1.64. The van der Waals surface area contributed by atoms with E-state index in [0.717, 1.165) is 12.8 Å². The number of hydrogen-bond acceptors (Lipinski definition) is 3. The molecular formula is C12H21NOS. The maximum Gasteiger partial charge on any atom is 0.0543 e. The first-order valence-electron chi connectivity index (χ1n) is 5.42. The van der Waals surface area contributed by atoms with Gasteiger partial charge in [-0.05, 0) is 50.7 Å². The van der Waals surface area contributed by atoms with E-state index < -0.39 is 0 Å². The van der Waals surface area contributed by atoms with Gasteiger partial charge in [0.25, 0.3) is 0 Å². The van der Waals surface area contributed by atoms with Crippen LogP contribution in [0.15, 0.2) is 11.4 Å². The first-order chi connectivity index (χ1) is 7.17. The van der Waals surface area contributed by atoms with Crippen molar-refractivity contribution in [2.45, 2.75) is 38.8 Å². The van der Waals surface area contributed by atoms with Crippen molar-refractivity contribution in [2.24, 2.45) is 0 Å². The molecule has 2 nitrogen and oxygen atoms in total. The zero-order valence-corrected chi connectivity index (χ0v) is 10.9. The summed E-state index contributed by atoms with van der Waals surface area (Å²) in [5.41, 5.74) is 1.41. The maximum absolute atomic E-state index is 5.26. The predicted molar refractivity (Wildman–Crippen MR) is 66.6 cm³/mol. The molecule has 0 fully saturated rings. The normalized spacial score (nSPS) is 15.2. The van der Waals surface area contributed by atoms with Crippen molar-refractivity contribution in [2.75, 3.05) is 14.2 Å². The summed E-state index contributed by atoms with van der Waals surface area (Å²) in [7, 11) is 3.79. The number of nitrogens with one attached hydrogen (secondary N) is 1. The molecule has 15 heavy (non-hydrogen) atoms. The molecular weight excluding hydrogens is 206 g/mol. The fourth-order valence-corrected chi connectivity index (χ4v) is 2.40. The predicted octanol–water partition coefficient (Wildman–Crippen LogP) is 3.13. The molecule has 1 rings (SSSR count). The lowest BCUT2D eigenvalue weighted by Gasteiger charge is -2.17. The number of thiophene rings is 1. The molecule has 0 aliphatic heterocycles. The Hall–Kier alpha value is -0.380. The van der Waals surface area contributed by atoms with Crippen LogP contribution in [0.25, 0.3) is 0 Å². The highest BCUT2D eigenvalue weighted by molar-refractivity contribution is 7.10. The van der Waals surface area contributed by atoms with Gasteiger partial charge in [0.15, 0.2) is 0 Å². The third-order valence-electron chi connectivity index (χ3n) is 2.77. The zero-order chi connectivity index (χ0) is 11.3. The van der Waals surface area contributed by atoms with Crippen LogP contribution in [0.3, 0.4) is 0 Å². The van der Waals surface area contributed by atoms with E-state index in [0.29, 0.717) is 12.1 Å². The Morgan fingerprint density at radius 3 is 2.67 bits per heavy atom. The molecule has 2 atom stereocenters. The van der Waals surface area contributed by atoms with Crippen molar-refractivity contribution in [3.8, 4) is 0 Å². The summed E-state index contributed by atoms with van der Waals surface area (Å²) in [5, 5.41) is 5.61. The van der Waals surface area contributed by atoms with Crippen LogP contribution in [0.2, 0.25) is 0 Å². The summed E-state index contributed by atoms with van der Waals surface area (Å²) in [6.45, 7) is 4.27. The van der Waals surface area contributed by atoms with E-state index in [4.69, 9.17) is 4.74 Å². The zero-order valence-electron chi connectivity index (χ0n) is 10.0. The van der Waals surface area contributed by atoms with Gasteiger partial charge in [0.05, 0.1) is 6.10 Å². The lowest BCUT2D eigenvalue weighted by molar-refractivity contribution is 0.106. The number of methoxy groups -OCH3 is 1. The quantitative estimate of drug-likeness (QED) is 0.806. The smallest absolute Gasteiger partial charge is 0.0543 e. The van der Waals surface area contributed by atoms with E-state index in [1.165, 1.54) is 10.4 Å². The van der Waals surface area contributed by atoms with Crippen molar-refractivity contribution < 1.29 is 4.74 Å². The molecule has 2 unspecified atom stereocenters. The molecule has 0 saturated carbocycles. The molecule has 1 aromatic heterocycles. The Kier molecular flexibility index (Phi) is 5.29. The Morgan fingerprint density at radius 2 is 2.20 bits per heavy atom. The number of rotatable bonds is 6. The minimum absolute atomic E-state index is 0.348. The molecule has 0 bridgehead atoms. The van der Waals surface area contributed by atoms with Gasteiger partial charge in [-0.3, -0.25) is 0 Å². The second-order valence-corrected chi connectivity index (χ2v) is 5.07. The highest BCUT2D eigenvalue weighted by atomic mass is 32.1. The molecule has 3 heteroatoms. The van der Waals surface area contributed by atoms with Gasteiger partial charge in [0.1, 0.15) is 0 Å². The van der Waals surface area contributed by atoms with Crippen LogP contribution in [0.1, 0.15) is 36.2 Å². The molecule has 0 spiro atoms. The average Bonchev–Trinajstić information content (AvgIpc) is 2.65. The van der Waals surface area contributed by atoms with Gasteiger partial charge >= 0.3 is 0 Å². The van der Waals surface area contributed by atoms with Crippen molar-refractivity contribution in [1.29, 1.82) is 0 Å². The maximum atomic E-state index is 5.26. The van der Waals surface area contributed by atoms with Crippen LogP contribution in [-0.2, 0) is 4.74 Å². The van der Waals surface area contributed by atoms with Crippen LogP contribution in [0.5, 0.6) is 0 Å². The van der Waals surface area contributed by atoms with Gasteiger partial charge in [-0.2, -0.15) is 0 Å². The third-order valence-corrected chi connectivity index (χ3v) is 3.65. The first kappa shape index (κ1) is 12.7. The van der Waals surface area contributed by atoms with E-state index >= 15 is 0 Å². The summed E-state index contributed by atoms with van der Waals surface area (Å²) in [4.78, 5) is 1.38. The van der Waals surface area contributed by atoms with Crippen LogP contribution >= 0.6 is 11.3 Å². The Labute approximate surface area is 96.7 Å². The van der Waals surface area contributed by atoms with Crippen molar-refractivity contribution in [3.63, 3.8) is 0 Å². The lowest BCUT2D eigenvalue weighted by Crippen LogP contribution is -2.18. The minimum atomic E-state index is 0.348. The second-order valence-electron chi connectivity index (χ2n) is 3.96. The summed E-state index contributed by atoms with van der Waals surface area (Å²) >= 11 is 1.82. The van der Waals surface area contributed by atoms with Crippen molar-refractivity contribution >= 4 is 11.3 Å². The Bertz CT molecular complexity index is 285. The van der Waals surface area contributed by atoms with Crippen LogP contribution < -0.4 is 5.32 Å². The standard InChI is InChI=1S/C12H21NOS/c1-9(14-4)5-6-12(13-3)11-7-10(2)15-8-11/h7-9,12-13H,5-6H2,1-4H3. The molecule has 0 aliphatic carbocycles. The molecule has 1 aromatic rings. The molecule has 0 aromatic carbocycles. The average molecular weight is 227 g/mol. The molecule has 0 amide bonds. The van der Waals surface area contributed by atoms with Gasteiger partial charge < -0.3 is 10.1 Å². The van der Waals surface area contributed by atoms with E-state index in [1.807, 2.05) is 18.4 Å². The Morgan fingerprint density at radius 1 is 1.47 bits per heavy atom. The molecule has 0 aliphatic rings. The molecule has 0 saturated heterocycles. The SMILES string of the molecule is CNC(CCC(C)OC)c1csc(C)c1. The summed E-state index contributed by atoms with van der Waals surface area (Å²) in [6.07, 6.45) is 2.57. The van der Waals surface area contributed by atoms with E-state index in [2.05, 4.69) is 30.6 Å². The van der Waals surface area contributed by atoms with Gasteiger partial charge in [0, 0.05) is 18.0 Å². The largest absolute Gasteiger partial charge is 0.382 e. The highest BCUT2D eigenvalue weighted by Gasteiger charge is 2.12. The number of ether oxygens (including phenoxy) is 1.